The monoisotopic (exact) mass is 275 g/mol. The van der Waals surface area contributed by atoms with Crippen LogP contribution in [0.4, 0.5) is 0 Å². The van der Waals surface area contributed by atoms with Crippen molar-refractivity contribution in [3.05, 3.63) is 29.3 Å². The molecule has 1 aromatic rings. The van der Waals surface area contributed by atoms with E-state index in [1.54, 1.807) is 0 Å². The Bertz CT molecular complexity index is 456. The maximum atomic E-state index is 5.81. The van der Waals surface area contributed by atoms with Gasteiger partial charge in [-0.05, 0) is 48.9 Å². The van der Waals surface area contributed by atoms with Crippen molar-refractivity contribution >= 4 is 0 Å². The summed E-state index contributed by atoms with van der Waals surface area (Å²) < 4.78 is 11.4. The molecule has 2 unspecified atom stereocenters. The van der Waals surface area contributed by atoms with Crippen LogP contribution >= 0.6 is 0 Å². The van der Waals surface area contributed by atoms with Gasteiger partial charge in [0, 0.05) is 13.5 Å². The lowest BCUT2D eigenvalue weighted by atomic mass is 9.95. The Morgan fingerprint density at radius 3 is 2.95 bits per heavy atom. The minimum Gasteiger partial charge on any atom is -0.493 e. The first-order valence-electron chi connectivity index (χ1n) is 7.85. The summed E-state index contributed by atoms with van der Waals surface area (Å²) in [5.41, 5.74) is 2.69. The molecule has 0 radical (unpaired) electrons. The van der Waals surface area contributed by atoms with Crippen LogP contribution in [0.1, 0.15) is 43.4 Å². The minimum absolute atomic E-state index is 0.293. The summed E-state index contributed by atoms with van der Waals surface area (Å²) in [7, 11) is 1.85. The van der Waals surface area contributed by atoms with E-state index in [1.807, 2.05) is 7.11 Å². The molecule has 1 fully saturated rings. The topological polar surface area (TPSA) is 30.5 Å². The van der Waals surface area contributed by atoms with Gasteiger partial charge in [-0.15, -0.1) is 0 Å². The Kier molecular flexibility index (Phi) is 4.27. The fourth-order valence-corrected chi connectivity index (χ4v) is 3.15. The Balaban J connectivity index is 1.83. The first kappa shape index (κ1) is 13.9. The smallest absolute Gasteiger partial charge is 0.122 e. The lowest BCUT2D eigenvalue weighted by Crippen LogP contribution is -2.35. The van der Waals surface area contributed by atoms with Gasteiger partial charge >= 0.3 is 0 Å². The third-order valence-corrected chi connectivity index (χ3v) is 4.37. The van der Waals surface area contributed by atoms with Gasteiger partial charge in [0.25, 0.3) is 0 Å². The number of hydrogen-bond donors (Lipinski definition) is 1. The molecule has 2 aliphatic rings. The Morgan fingerprint density at radius 2 is 2.25 bits per heavy atom. The largest absolute Gasteiger partial charge is 0.493 e. The fourth-order valence-electron chi connectivity index (χ4n) is 3.15. The molecule has 3 heteroatoms. The summed E-state index contributed by atoms with van der Waals surface area (Å²) in [6.45, 7) is 4.06. The zero-order valence-electron chi connectivity index (χ0n) is 12.5. The SMILES string of the molecule is CCCNC(c1ccc2c(c1)CCO2)C(OC)C1CC1. The number of hydrogen-bond acceptors (Lipinski definition) is 3. The zero-order chi connectivity index (χ0) is 13.9. The average Bonchev–Trinajstić information content (AvgIpc) is 3.19. The van der Waals surface area contributed by atoms with E-state index in [-0.39, 0.29) is 0 Å². The fraction of sp³-hybridized carbons (Fsp3) is 0.647. The second-order valence-electron chi connectivity index (χ2n) is 5.94. The van der Waals surface area contributed by atoms with E-state index in [4.69, 9.17) is 9.47 Å². The lowest BCUT2D eigenvalue weighted by Gasteiger charge is -2.28. The highest BCUT2D eigenvalue weighted by molar-refractivity contribution is 5.41. The van der Waals surface area contributed by atoms with Crippen molar-refractivity contribution in [2.45, 2.75) is 44.8 Å². The summed E-state index contributed by atoms with van der Waals surface area (Å²) in [6.07, 6.45) is 5.08. The normalized spacial score (nSPS) is 20.3. The van der Waals surface area contributed by atoms with Crippen LogP contribution in [-0.2, 0) is 11.2 Å². The van der Waals surface area contributed by atoms with Crippen LogP contribution in [0, 0.1) is 5.92 Å². The number of rotatable bonds is 7. The van der Waals surface area contributed by atoms with Crippen LogP contribution in [-0.4, -0.2) is 26.4 Å². The highest BCUT2D eigenvalue weighted by Crippen LogP contribution is 2.40. The predicted molar refractivity (Wildman–Crippen MR) is 80.2 cm³/mol. The van der Waals surface area contributed by atoms with Crippen molar-refractivity contribution in [2.75, 3.05) is 20.3 Å². The van der Waals surface area contributed by atoms with Gasteiger partial charge in [-0.3, -0.25) is 0 Å². The first-order chi connectivity index (χ1) is 9.83. The van der Waals surface area contributed by atoms with Crippen LogP contribution in [0.5, 0.6) is 5.75 Å². The highest BCUT2D eigenvalue weighted by atomic mass is 16.5. The third-order valence-electron chi connectivity index (χ3n) is 4.37. The lowest BCUT2D eigenvalue weighted by molar-refractivity contribution is 0.0507. The van der Waals surface area contributed by atoms with Crippen molar-refractivity contribution in [1.82, 2.24) is 5.32 Å². The van der Waals surface area contributed by atoms with E-state index in [9.17, 15) is 0 Å². The van der Waals surface area contributed by atoms with Crippen LogP contribution in [0.25, 0.3) is 0 Å². The average molecular weight is 275 g/mol. The summed E-state index contributed by atoms with van der Waals surface area (Å²) >= 11 is 0. The number of ether oxygens (including phenoxy) is 2. The first-order valence-corrected chi connectivity index (χ1v) is 7.85. The molecule has 0 saturated heterocycles. The van der Waals surface area contributed by atoms with Crippen molar-refractivity contribution in [3.63, 3.8) is 0 Å². The van der Waals surface area contributed by atoms with Gasteiger partial charge in [0.2, 0.25) is 0 Å². The van der Waals surface area contributed by atoms with E-state index >= 15 is 0 Å². The molecule has 0 spiro atoms. The van der Waals surface area contributed by atoms with E-state index in [0.29, 0.717) is 12.1 Å². The Hall–Kier alpha value is -1.06. The Morgan fingerprint density at radius 1 is 1.40 bits per heavy atom. The van der Waals surface area contributed by atoms with Gasteiger partial charge in [-0.25, -0.2) is 0 Å². The number of fused-ring (bicyclic) bond motifs is 1. The molecule has 1 aliphatic carbocycles. The van der Waals surface area contributed by atoms with Gasteiger partial charge < -0.3 is 14.8 Å². The van der Waals surface area contributed by atoms with Gasteiger partial charge in [0.15, 0.2) is 0 Å². The predicted octanol–water partition coefficient (Wildman–Crippen LogP) is 3.09. The standard InChI is InChI=1S/C17H25NO2/c1-3-9-18-16(17(19-2)12-4-5-12)14-6-7-15-13(11-14)8-10-20-15/h6-7,11-12,16-18H,3-5,8-10H2,1-2H3. The molecule has 20 heavy (non-hydrogen) atoms. The van der Waals surface area contributed by atoms with E-state index in [1.165, 1.54) is 24.0 Å². The molecule has 3 rings (SSSR count). The molecule has 0 amide bonds. The second kappa shape index (κ2) is 6.15. The second-order valence-corrected chi connectivity index (χ2v) is 5.94. The molecule has 1 heterocycles. The maximum absolute atomic E-state index is 5.81. The van der Waals surface area contributed by atoms with Gasteiger partial charge in [-0.2, -0.15) is 0 Å². The van der Waals surface area contributed by atoms with E-state index < -0.39 is 0 Å². The number of nitrogens with one attached hydrogen (secondary N) is 1. The molecule has 1 aliphatic heterocycles. The van der Waals surface area contributed by atoms with Crippen molar-refractivity contribution in [2.24, 2.45) is 5.92 Å². The van der Waals surface area contributed by atoms with Crippen LogP contribution in [0.2, 0.25) is 0 Å². The van der Waals surface area contributed by atoms with Gasteiger partial charge in [0.1, 0.15) is 5.75 Å². The zero-order valence-corrected chi connectivity index (χ0v) is 12.5. The van der Waals surface area contributed by atoms with Gasteiger partial charge in [0.05, 0.1) is 18.8 Å². The van der Waals surface area contributed by atoms with Crippen LogP contribution < -0.4 is 10.1 Å². The summed E-state index contributed by atoms with van der Waals surface area (Å²) in [5, 5.41) is 3.68. The molecule has 0 aromatic heterocycles. The highest BCUT2D eigenvalue weighted by Gasteiger charge is 2.37. The molecular weight excluding hydrogens is 250 g/mol. The number of benzene rings is 1. The van der Waals surface area contributed by atoms with Crippen molar-refractivity contribution < 1.29 is 9.47 Å². The van der Waals surface area contributed by atoms with Crippen molar-refractivity contribution in [1.29, 1.82) is 0 Å². The van der Waals surface area contributed by atoms with Gasteiger partial charge in [-0.1, -0.05) is 19.1 Å². The number of methoxy groups -OCH3 is 1. The Labute approximate surface area is 121 Å². The molecular formula is C17H25NO2. The molecule has 110 valence electrons. The van der Waals surface area contributed by atoms with Crippen LogP contribution in [0.3, 0.4) is 0 Å². The van der Waals surface area contributed by atoms with E-state index in [0.717, 1.165) is 37.7 Å². The summed E-state index contributed by atoms with van der Waals surface area (Å²) in [5.74, 6) is 1.78. The molecule has 1 N–H and O–H groups in total. The third kappa shape index (κ3) is 2.84. The van der Waals surface area contributed by atoms with Crippen LogP contribution in [0.15, 0.2) is 18.2 Å². The van der Waals surface area contributed by atoms with E-state index in [2.05, 4.69) is 30.4 Å². The quantitative estimate of drug-likeness (QED) is 0.829. The molecule has 0 bridgehead atoms. The molecule has 2 atom stereocenters. The summed E-state index contributed by atoms with van der Waals surface area (Å²) in [6, 6.07) is 6.94. The van der Waals surface area contributed by atoms with Crippen molar-refractivity contribution in [3.8, 4) is 5.75 Å². The molecule has 1 aromatic carbocycles. The molecule has 3 nitrogen and oxygen atoms in total. The maximum Gasteiger partial charge on any atom is 0.122 e. The summed E-state index contributed by atoms with van der Waals surface area (Å²) in [4.78, 5) is 0. The minimum atomic E-state index is 0.293. The molecule has 1 saturated carbocycles.